The summed E-state index contributed by atoms with van der Waals surface area (Å²) in [7, 11) is -21.0. The Bertz CT molecular complexity index is 4970. The van der Waals surface area contributed by atoms with Crippen LogP contribution >= 0.6 is 0 Å². The van der Waals surface area contributed by atoms with Crippen molar-refractivity contribution >= 4 is 140 Å². The van der Waals surface area contributed by atoms with Gasteiger partial charge in [0.1, 0.15) is 30.0 Å². The van der Waals surface area contributed by atoms with Crippen LogP contribution in [0.25, 0.3) is 43.1 Å². The Morgan fingerprint density at radius 2 is 0.723 bits per heavy atom. The summed E-state index contributed by atoms with van der Waals surface area (Å²) in [5.41, 5.74) is -6.68. The fraction of sp³-hybridized carbons (Fsp3) is 0. The van der Waals surface area contributed by atoms with Crippen LogP contribution in [0.1, 0.15) is 0 Å². The summed E-state index contributed by atoms with van der Waals surface area (Å²) >= 11 is 0. The number of nitro groups is 2. The third-order valence-corrected chi connectivity index (χ3v) is 15.7. The monoisotopic (exact) mass is 1440 g/mol. The number of benzene rings is 10. The molecule has 0 aliphatic carbocycles. The quantitative estimate of drug-likeness (QED) is 0.0336. The van der Waals surface area contributed by atoms with E-state index in [4.69, 9.17) is 0 Å². The van der Waals surface area contributed by atoms with Crippen LogP contribution in [-0.4, -0.2) is 61.7 Å². The van der Waals surface area contributed by atoms with Crippen LogP contribution in [-0.2, 0) is 57.8 Å². The topological polar surface area (TPSA) is 547 Å². The smallest absolute Gasteiger partial charge is 0.871 e. The first-order valence-corrected chi connectivity index (χ1v) is 29.5. The maximum Gasteiger partial charge on any atom is 3.00 e. The molecule has 0 aliphatic heterocycles. The molecule has 94 heavy (non-hydrogen) atoms. The molecule has 0 atom stereocenters. The number of nitro benzene ring substituents is 2. The fourth-order valence-electron chi connectivity index (χ4n) is 8.31. The van der Waals surface area contributed by atoms with Crippen molar-refractivity contribution in [3.8, 4) is 34.5 Å². The number of hydrogen-bond acceptors (Lipinski definition) is 28. The molecule has 32 nitrogen and oxygen atoms in total. The van der Waals surface area contributed by atoms with Gasteiger partial charge in [-0.15, -0.1) is 10.2 Å². The van der Waals surface area contributed by atoms with E-state index >= 15 is 0 Å². The number of azo groups is 4. The van der Waals surface area contributed by atoms with Gasteiger partial charge in [0, 0.05) is 34.4 Å². The van der Waals surface area contributed by atoms with Crippen LogP contribution in [0.2, 0.25) is 0 Å². The standard InChI is InChI=1S/2C26H17N5O11S2.Cr.5Na/c2*32-21-8-5-13-3-1-2-4-17(13)23(21)29-27-15-6-7-18-14(9-15)10-22(44(40,41)42)24(25(18)33)30-28-19-11-16(43(37,38)39)12-20(26(19)34)31(35)36;;;;;;/h2*1-12,32-34H,(H,37,38,39)(H,40,41,42);;;;;;/q;;+3;5*+1/p-8. The number of fused-ring (bicyclic) bond motifs is 4. The van der Waals surface area contributed by atoms with Gasteiger partial charge >= 0.3 is 165 Å². The number of nitrogens with zero attached hydrogens (tertiary/aromatic N) is 10. The molecule has 0 amide bonds. The van der Waals surface area contributed by atoms with Crippen LogP contribution in [0.3, 0.4) is 0 Å². The molecule has 10 rings (SSSR count). The second-order valence-corrected chi connectivity index (χ2v) is 23.5. The van der Waals surface area contributed by atoms with Gasteiger partial charge in [0.2, 0.25) is 0 Å². The Kier molecular flexibility index (Phi) is 29.1. The third kappa shape index (κ3) is 18.5. The molecular formula is C52H26CrN10Na5O22S4. The first-order valence-electron chi connectivity index (χ1n) is 23.8. The Hall–Kier alpha value is -5.59. The van der Waals surface area contributed by atoms with Gasteiger partial charge in [0.05, 0.1) is 65.1 Å². The molecule has 0 fully saturated rings. The molecule has 42 heteroatoms. The molecule has 10 aromatic rings. The van der Waals surface area contributed by atoms with Gasteiger partial charge in [-0.05, 0) is 80.8 Å². The summed E-state index contributed by atoms with van der Waals surface area (Å²) in [5, 5.41) is 130. The maximum absolute atomic E-state index is 13.2. The van der Waals surface area contributed by atoms with Crippen molar-refractivity contribution in [3.63, 3.8) is 0 Å². The predicted octanol–water partition coefficient (Wildman–Crippen LogP) is -6.78. The van der Waals surface area contributed by atoms with Crippen molar-refractivity contribution in [1.29, 1.82) is 0 Å². The molecule has 0 aliphatic rings. The van der Waals surface area contributed by atoms with Gasteiger partial charge in [0.25, 0.3) is 31.6 Å². The normalized spacial score (nSPS) is 11.7. The third-order valence-electron chi connectivity index (χ3n) is 12.4. The predicted molar refractivity (Wildman–Crippen MR) is 291 cm³/mol. The maximum atomic E-state index is 13.2. The molecule has 0 saturated heterocycles. The minimum absolute atomic E-state index is 0. The van der Waals surface area contributed by atoms with Crippen molar-refractivity contribution in [3.05, 3.63) is 166 Å². The van der Waals surface area contributed by atoms with Crippen molar-refractivity contribution in [2.45, 2.75) is 19.6 Å². The summed E-state index contributed by atoms with van der Waals surface area (Å²) in [4.78, 5) is 15.3. The van der Waals surface area contributed by atoms with E-state index < -0.39 is 139 Å². The Labute approximate surface area is 650 Å². The summed E-state index contributed by atoms with van der Waals surface area (Å²) in [5.74, 6) is -6.09. The average molecular weight is 1440 g/mol. The van der Waals surface area contributed by atoms with Gasteiger partial charge in [-0.1, -0.05) is 108 Å². The number of rotatable bonds is 14. The van der Waals surface area contributed by atoms with E-state index in [0.29, 0.717) is 22.9 Å². The second kappa shape index (κ2) is 33.1. The van der Waals surface area contributed by atoms with Crippen molar-refractivity contribution in [1.82, 2.24) is 0 Å². The minimum Gasteiger partial charge on any atom is -0.871 e. The van der Waals surface area contributed by atoms with Crippen LogP contribution in [0.5, 0.6) is 34.5 Å². The van der Waals surface area contributed by atoms with Crippen molar-refractivity contribution in [2.75, 3.05) is 0 Å². The largest absolute Gasteiger partial charge is 3.00 e. The molecule has 10 aromatic carbocycles. The van der Waals surface area contributed by atoms with Gasteiger partial charge in [-0.3, -0.25) is 29.3 Å². The van der Waals surface area contributed by atoms with Crippen molar-refractivity contribution < 1.29 is 258 Å². The average Bonchev–Trinajstić information content (AvgIpc) is 0.781. The van der Waals surface area contributed by atoms with E-state index in [1.807, 2.05) is 0 Å². The first-order chi connectivity index (χ1) is 41.3. The molecule has 1 radical (unpaired) electrons. The summed E-state index contributed by atoms with van der Waals surface area (Å²) in [6.45, 7) is 0. The summed E-state index contributed by atoms with van der Waals surface area (Å²) in [6, 6.07) is 30.0. The van der Waals surface area contributed by atoms with Gasteiger partial charge in [-0.2, -0.15) is 47.5 Å². The van der Waals surface area contributed by atoms with E-state index in [0.717, 1.165) is 22.9 Å². The molecule has 0 spiro atoms. The van der Waals surface area contributed by atoms with Gasteiger partial charge in [-0.25, -0.2) is 16.8 Å². The van der Waals surface area contributed by atoms with E-state index in [1.165, 1.54) is 48.5 Å². The number of hydrogen-bond donors (Lipinski definition) is 2. The summed E-state index contributed by atoms with van der Waals surface area (Å²) < 4.78 is 137. The van der Waals surface area contributed by atoms with Crippen LogP contribution in [0, 0.1) is 20.2 Å². The van der Waals surface area contributed by atoms with Crippen LogP contribution in [0.4, 0.5) is 56.9 Å². The zero-order valence-electron chi connectivity index (χ0n) is 48.4. The van der Waals surface area contributed by atoms with E-state index in [9.17, 15) is 103 Å². The van der Waals surface area contributed by atoms with Crippen LogP contribution in [0.15, 0.2) is 206 Å². The van der Waals surface area contributed by atoms with Gasteiger partial charge < -0.3 is 39.7 Å². The Morgan fingerprint density at radius 1 is 0.351 bits per heavy atom. The molecule has 0 aromatic heterocycles. The molecule has 0 unspecified atom stereocenters. The van der Waals surface area contributed by atoms with Crippen molar-refractivity contribution in [2.24, 2.45) is 40.9 Å². The summed E-state index contributed by atoms with van der Waals surface area (Å²) in [6.07, 6.45) is 0. The Balaban J connectivity index is 0.000000461. The molecule has 0 bridgehead atoms. The Morgan fingerprint density at radius 3 is 1.11 bits per heavy atom. The SMILES string of the molecule is O=[N+]([O-])c1cc(S(=O)(=O)O)cc(N=Nc2c(S(=O)(=O)O)cc3cc(N=Nc4c([O-])ccc5ccccc45)ccc3c2[O-])c1[O-].O=[N+]([O-])c1cc(S(=O)(=O)[O-])cc(N=Nc2c(S(=O)(=O)[O-])cc3cc(N=Nc4c([O-])ccc5ccccc45)ccc3c2[O-])c1[O-].[Cr+3].[Na+].[Na+].[Na+].[Na+].[Na+]. The molecular weight excluding hydrogens is 1410 g/mol. The first kappa shape index (κ1) is 82.6. The second-order valence-electron chi connectivity index (χ2n) is 17.9. The molecule has 0 heterocycles. The van der Waals surface area contributed by atoms with E-state index in [-0.39, 0.29) is 222 Å². The molecule has 451 valence electrons. The fourth-order valence-corrected chi connectivity index (χ4v) is 10.6. The molecule has 2 N–H and O–H groups in total. The molecule has 0 saturated carbocycles. The van der Waals surface area contributed by atoms with E-state index in [1.54, 1.807) is 60.7 Å². The van der Waals surface area contributed by atoms with Crippen LogP contribution < -0.4 is 178 Å². The minimum atomic E-state index is -5.44. The zero-order valence-corrected chi connectivity index (χ0v) is 63.0. The van der Waals surface area contributed by atoms with Gasteiger partial charge in [0.15, 0.2) is 0 Å². The zero-order chi connectivity index (χ0) is 63.9. The van der Waals surface area contributed by atoms with E-state index in [2.05, 4.69) is 40.9 Å².